The maximum Gasteiger partial charge on any atom is 0.269 e. The van der Waals surface area contributed by atoms with Gasteiger partial charge in [0.05, 0.1) is 4.92 Å². The standard InChI is InChI=1S/C14H13BrN2O2/c1-10(11-2-4-12(15)5-3-11)16-13-6-8-14(9-7-13)17(18)19/h2-10,16H,1H3/t10-/m1/s1. The van der Waals surface area contributed by atoms with E-state index < -0.39 is 4.92 Å². The lowest BCUT2D eigenvalue weighted by molar-refractivity contribution is -0.384. The molecule has 0 heterocycles. The van der Waals surface area contributed by atoms with E-state index in [1.54, 1.807) is 12.1 Å². The minimum Gasteiger partial charge on any atom is -0.379 e. The second kappa shape index (κ2) is 5.84. The van der Waals surface area contributed by atoms with Crippen LogP contribution in [0.3, 0.4) is 0 Å². The summed E-state index contributed by atoms with van der Waals surface area (Å²) >= 11 is 3.40. The van der Waals surface area contributed by atoms with Crippen LogP contribution in [-0.4, -0.2) is 4.92 Å². The van der Waals surface area contributed by atoms with Crippen LogP contribution in [0.5, 0.6) is 0 Å². The van der Waals surface area contributed by atoms with Gasteiger partial charge in [0.25, 0.3) is 5.69 Å². The number of hydrogen-bond donors (Lipinski definition) is 1. The first-order chi connectivity index (χ1) is 9.06. The molecule has 1 N–H and O–H groups in total. The molecule has 0 radical (unpaired) electrons. The van der Waals surface area contributed by atoms with Crippen molar-refractivity contribution in [2.75, 3.05) is 5.32 Å². The number of anilines is 1. The monoisotopic (exact) mass is 320 g/mol. The van der Waals surface area contributed by atoms with Crippen LogP contribution in [-0.2, 0) is 0 Å². The Morgan fingerprint density at radius 1 is 1.11 bits per heavy atom. The van der Waals surface area contributed by atoms with E-state index in [0.717, 1.165) is 15.7 Å². The number of nitrogens with one attached hydrogen (secondary N) is 1. The molecule has 0 amide bonds. The Bertz CT molecular complexity index is 567. The minimum atomic E-state index is -0.401. The van der Waals surface area contributed by atoms with Gasteiger partial charge < -0.3 is 5.32 Å². The van der Waals surface area contributed by atoms with Crippen molar-refractivity contribution in [3.63, 3.8) is 0 Å². The van der Waals surface area contributed by atoms with Crippen LogP contribution in [0.15, 0.2) is 53.0 Å². The van der Waals surface area contributed by atoms with Crippen LogP contribution < -0.4 is 5.32 Å². The Kier molecular flexibility index (Phi) is 4.16. The van der Waals surface area contributed by atoms with E-state index in [0.29, 0.717) is 0 Å². The van der Waals surface area contributed by atoms with Gasteiger partial charge in [0, 0.05) is 28.3 Å². The third-order valence-electron chi connectivity index (χ3n) is 2.83. The van der Waals surface area contributed by atoms with Crippen LogP contribution in [0.1, 0.15) is 18.5 Å². The van der Waals surface area contributed by atoms with E-state index in [4.69, 9.17) is 0 Å². The molecular weight excluding hydrogens is 308 g/mol. The highest BCUT2D eigenvalue weighted by Gasteiger charge is 2.07. The van der Waals surface area contributed by atoms with Gasteiger partial charge in [0.1, 0.15) is 0 Å². The smallest absolute Gasteiger partial charge is 0.269 e. The molecule has 0 spiro atoms. The van der Waals surface area contributed by atoms with Crippen LogP contribution in [0, 0.1) is 10.1 Å². The largest absolute Gasteiger partial charge is 0.379 e. The van der Waals surface area contributed by atoms with Gasteiger partial charge in [-0.05, 0) is 36.8 Å². The number of rotatable bonds is 4. The lowest BCUT2D eigenvalue weighted by Crippen LogP contribution is -2.06. The fraction of sp³-hybridized carbons (Fsp3) is 0.143. The predicted molar refractivity (Wildman–Crippen MR) is 79.3 cm³/mol. The van der Waals surface area contributed by atoms with E-state index in [2.05, 4.69) is 21.2 Å². The molecule has 0 saturated heterocycles. The predicted octanol–water partition coefficient (Wildman–Crippen LogP) is 4.53. The van der Waals surface area contributed by atoms with Gasteiger partial charge in [0.15, 0.2) is 0 Å². The SMILES string of the molecule is C[C@@H](Nc1ccc([N+](=O)[O-])cc1)c1ccc(Br)cc1. The third kappa shape index (κ3) is 3.54. The lowest BCUT2D eigenvalue weighted by Gasteiger charge is -2.15. The molecule has 0 aliphatic rings. The summed E-state index contributed by atoms with van der Waals surface area (Å²) in [7, 11) is 0. The molecule has 0 aliphatic heterocycles. The van der Waals surface area contributed by atoms with Gasteiger partial charge in [-0.2, -0.15) is 0 Å². The summed E-state index contributed by atoms with van der Waals surface area (Å²) in [5.74, 6) is 0. The number of hydrogen-bond acceptors (Lipinski definition) is 3. The molecule has 1 atom stereocenters. The highest BCUT2D eigenvalue weighted by Crippen LogP contribution is 2.22. The maximum atomic E-state index is 10.6. The fourth-order valence-electron chi connectivity index (χ4n) is 1.76. The average molecular weight is 321 g/mol. The number of halogens is 1. The lowest BCUT2D eigenvalue weighted by atomic mass is 10.1. The zero-order chi connectivity index (χ0) is 13.8. The molecule has 4 nitrogen and oxygen atoms in total. The summed E-state index contributed by atoms with van der Waals surface area (Å²) < 4.78 is 1.04. The number of nitro groups is 1. The Hall–Kier alpha value is -1.88. The first kappa shape index (κ1) is 13.5. The third-order valence-corrected chi connectivity index (χ3v) is 3.36. The summed E-state index contributed by atoms with van der Waals surface area (Å²) in [5, 5.41) is 13.9. The molecule has 98 valence electrons. The van der Waals surface area contributed by atoms with E-state index in [1.165, 1.54) is 12.1 Å². The zero-order valence-electron chi connectivity index (χ0n) is 10.3. The Morgan fingerprint density at radius 3 is 2.21 bits per heavy atom. The van der Waals surface area contributed by atoms with E-state index in [-0.39, 0.29) is 11.7 Å². The van der Waals surface area contributed by atoms with Crippen molar-refractivity contribution < 1.29 is 4.92 Å². The molecule has 0 fully saturated rings. The normalized spacial score (nSPS) is 11.9. The molecule has 0 bridgehead atoms. The first-order valence-corrected chi connectivity index (χ1v) is 6.62. The van der Waals surface area contributed by atoms with Gasteiger partial charge in [-0.3, -0.25) is 10.1 Å². The van der Waals surface area contributed by atoms with Gasteiger partial charge in [-0.1, -0.05) is 28.1 Å². The van der Waals surface area contributed by atoms with Gasteiger partial charge in [-0.25, -0.2) is 0 Å². The number of nitrogens with zero attached hydrogens (tertiary/aromatic N) is 1. The van der Waals surface area contributed by atoms with Crippen LogP contribution >= 0.6 is 15.9 Å². The van der Waals surface area contributed by atoms with Crippen molar-refractivity contribution in [3.8, 4) is 0 Å². The minimum absolute atomic E-state index is 0.0989. The van der Waals surface area contributed by atoms with Crippen LogP contribution in [0.2, 0.25) is 0 Å². The molecule has 0 aromatic heterocycles. The highest BCUT2D eigenvalue weighted by molar-refractivity contribution is 9.10. The molecule has 19 heavy (non-hydrogen) atoms. The zero-order valence-corrected chi connectivity index (χ0v) is 11.9. The van der Waals surface area contributed by atoms with Gasteiger partial charge in [0.2, 0.25) is 0 Å². The average Bonchev–Trinajstić information content (AvgIpc) is 2.40. The molecule has 2 aromatic carbocycles. The van der Waals surface area contributed by atoms with Gasteiger partial charge in [-0.15, -0.1) is 0 Å². The molecule has 0 saturated carbocycles. The summed E-state index contributed by atoms with van der Waals surface area (Å²) in [4.78, 5) is 10.2. The molecule has 2 rings (SSSR count). The van der Waals surface area contributed by atoms with Crippen LogP contribution in [0.25, 0.3) is 0 Å². The van der Waals surface area contributed by atoms with Crippen molar-refractivity contribution in [1.29, 1.82) is 0 Å². The summed E-state index contributed by atoms with van der Waals surface area (Å²) in [6, 6.07) is 14.6. The Balaban J connectivity index is 2.08. The second-order valence-electron chi connectivity index (χ2n) is 4.22. The summed E-state index contributed by atoms with van der Waals surface area (Å²) in [6.45, 7) is 2.05. The van der Waals surface area contributed by atoms with Crippen molar-refractivity contribution in [2.24, 2.45) is 0 Å². The molecule has 0 unspecified atom stereocenters. The van der Waals surface area contributed by atoms with E-state index in [1.807, 2.05) is 31.2 Å². The molecule has 5 heteroatoms. The number of nitro benzene ring substituents is 1. The molecular formula is C14H13BrN2O2. The first-order valence-electron chi connectivity index (χ1n) is 5.83. The van der Waals surface area contributed by atoms with E-state index >= 15 is 0 Å². The summed E-state index contributed by atoms with van der Waals surface area (Å²) in [6.07, 6.45) is 0. The number of non-ortho nitro benzene ring substituents is 1. The summed E-state index contributed by atoms with van der Waals surface area (Å²) in [5.41, 5.74) is 2.12. The van der Waals surface area contributed by atoms with Crippen molar-refractivity contribution >= 4 is 27.3 Å². The van der Waals surface area contributed by atoms with Crippen molar-refractivity contribution in [1.82, 2.24) is 0 Å². The fourth-order valence-corrected chi connectivity index (χ4v) is 2.03. The molecule has 2 aromatic rings. The Morgan fingerprint density at radius 2 is 1.68 bits per heavy atom. The number of benzene rings is 2. The second-order valence-corrected chi connectivity index (χ2v) is 5.14. The van der Waals surface area contributed by atoms with Crippen molar-refractivity contribution in [3.05, 3.63) is 68.7 Å². The van der Waals surface area contributed by atoms with Crippen molar-refractivity contribution in [2.45, 2.75) is 13.0 Å². The molecule has 0 aliphatic carbocycles. The quantitative estimate of drug-likeness (QED) is 0.665. The van der Waals surface area contributed by atoms with E-state index in [9.17, 15) is 10.1 Å². The highest BCUT2D eigenvalue weighted by atomic mass is 79.9. The van der Waals surface area contributed by atoms with Crippen LogP contribution in [0.4, 0.5) is 11.4 Å². The van der Waals surface area contributed by atoms with Gasteiger partial charge >= 0.3 is 0 Å². The maximum absolute atomic E-state index is 10.6. The topological polar surface area (TPSA) is 55.2 Å². The Labute approximate surface area is 119 Å².